The van der Waals surface area contributed by atoms with E-state index in [0.29, 0.717) is 33.3 Å². The van der Waals surface area contributed by atoms with Crippen LogP contribution in [0, 0.1) is 0 Å². The van der Waals surface area contributed by atoms with E-state index in [-0.39, 0.29) is 0 Å². The zero-order chi connectivity index (χ0) is 13.4. The maximum Gasteiger partial charge on any atom is 0.161 e. The van der Waals surface area contributed by atoms with Crippen LogP contribution in [-0.4, -0.2) is 27.3 Å². The molecular weight excluding hydrogens is 266 g/mol. The molecule has 0 bridgehead atoms. The molecule has 3 aromatic rings. The van der Waals surface area contributed by atoms with Gasteiger partial charge in [0, 0.05) is 5.56 Å². The topological polar surface area (TPSA) is 89.7 Å². The normalized spacial score (nSPS) is 10.8. The van der Waals surface area contributed by atoms with Crippen LogP contribution in [0.25, 0.3) is 22.3 Å². The summed E-state index contributed by atoms with van der Waals surface area (Å²) in [5.74, 6) is 0.952. The first kappa shape index (κ1) is 11.7. The highest BCUT2D eigenvalue weighted by Crippen LogP contribution is 2.33. The van der Waals surface area contributed by atoms with Crippen molar-refractivity contribution in [1.82, 2.24) is 20.2 Å². The van der Waals surface area contributed by atoms with Crippen LogP contribution in [0.15, 0.2) is 24.5 Å². The van der Waals surface area contributed by atoms with Gasteiger partial charge in [-0.1, -0.05) is 17.7 Å². The molecule has 0 aliphatic carbocycles. The van der Waals surface area contributed by atoms with Gasteiger partial charge < -0.3 is 10.5 Å². The quantitative estimate of drug-likeness (QED) is 0.749. The molecule has 3 rings (SSSR count). The number of anilines is 1. The first-order valence-corrected chi connectivity index (χ1v) is 5.87. The summed E-state index contributed by atoms with van der Waals surface area (Å²) in [5.41, 5.74) is 7.96. The highest BCUT2D eigenvalue weighted by Gasteiger charge is 2.14. The fraction of sp³-hybridized carbons (Fsp3) is 0.0833. The smallest absolute Gasteiger partial charge is 0.161 e. The SMILES string of the molecule is COc1cc(-c2n[nH]c3ncnc(N)c23)ccc1Cl. The molecule has 0 radical (unpaired) electrons. The molecular formula is C12H10ClN5O. The number of nitrogens with zero attached hydrogens (tertiary/aromatic N) is 3. The zero-order valence-corrected chi connectivity index (χ0v) is 10.8. The molecule has 1 aromatic carbocycles. The Kier molecular flexibility index (Phi) is 2.72. The molecule has 0 amide bonds. The summed E-state index contributed by atoms with van der Waals surface area (Å²) in [6, 6.07) is 5.38. The number of hydrogen-bond acceptors (Lipinski definition) is 5. The molecule has 0 fully saturated rings. The lowest BCUT2D eigenvalue weighted by molar-refractivity contribution is 0.415. The fourth-order valence-electron chi connectivity index (χ4n) is 1.90. The third-order valence-electron chi connectivity index (χ3n) is 2.81. The predicted octanol–water partition coefficient (Wildman–Crippen LogP) is 2.26. The van der Waals surface area contributed by atoms with Crippen LogP contribution >= 0.6 is 11.6 Å². The van der Waals surface area contributed by atoms with Crippen molar-refractivity contribution in [3.8, 4) is 17.0 Å². The maximum atomic E-state index is 6.00. The van der Waals surface area contributed by atoms with E-state index < -0.39 is 0 Å². The van der Waals surface area contributed by atoms with E-state index in [0.717, 1.165) is 5.56 Å². The van der Waals surface area contributed by atoms with Crippen molar-refractivity contribution in [2.75, 3.05) is 12.8 Å². The Morgan fingerprint density at radius 1 is 1.32 bits per heavy atom. The van der Waals surface area contributed by atoms with Gasteiger partial charge in [-0.15, -0.1) is 0 Å². The minimum atomic E-state index is 0.377. The minimum absolute atomic E-state index is 0.377. The molecule has 0 saturated heterocycles. The summed E-state index contributed by atoms with van der Waals surface area (Å²) in [7, 11) is 1.56. The van der Waals surface area contributed by atoms with Gasteiger partial charge in [-0.05, 0) is 12.1 Å². The average Bonchev–Trinajstić information content (AvgIpc) is 2.85. The van der Waals surface area contributed by atoms with Crippen molar-refractivity contribution < 1.29 is 4.74 Å². The Morgan fingerprint density at radius 2 is 2.16 bits per heavy atom. The van der Waals surface area contributed by atoms with Gasteiger partial charge >= 0.3 is 0 Å². The minimum Gasteiger partial charge on any atom is -0.495 e. The van der Waals surface area contributed by atoms with Crippen molar-refractivity contribution in [2.45, 2.75) is 0 Å². The number of rotatable bonds is 2. The lowest BCUT2D eigenvalue weighted by Crippen LogP contribution is -1.93. The van der Waals surface area contributed by atoms with Crippen LogP contribution in [0.4, 0.5) is 5.82 Å². The second kappa shape index (κ2) is 4.40. The van der Waals surface area contributed by atoms with Crippen LogP contribution in [0.5, 0.6) is 5.75 Å². The van der Waals surface area contributed by atoms with Gasteiger partial charge in [0.25, 0.3) is 0 Å². The number of nitrogens with one attached hydrogen (secondary N) is 1. The van der Waals surface area contributed by atoms with E-state index in [1.165, 1.54) is 6.33 Å². The number of halogens is 1. The van der Waals surface area contributed by atoms with Crippen molar-refractivity contribution in [3.63, 3.8) is 0 Å². The number of hydrogen-bond donors (Lipinski definition) is 2. The Hall–Kier alpha value is -2.34. The van der Waals surface area contributed by atoms with Gasteiger partial charge in [-0.25, -0.2) is 9.97 Å². The lowest BCUT2D eigenvalue weighted by atomic mass is 10.1. The van der Waals surface area contributed by atoms with Gasteiger partial charge in [-0.2, -0.15) is 5.10 Å². The van der Waals surface area contributed by atoms with E-state index in [4.69, 9.17) is 22.1 Å². The van der Waals surface area contributed by atoms with Crippen LogP contribution in [0.1, 0.15) is 0 Å². The van der Waals surface area contributed by atoms with Crippen molar-refractivity contribution in [3.05, 3.63) is 29.5 Å². The molecule has 2 aromatic heterocycles. The number of fused-ring (bicyclic) bond motifs is 1. The van der Waals surface area contributed by atoms with Crippen molar-refractivity contribution in [2.24, 2.45) is 0 Å². The van der Waals surface area contributed by atoms with E-state index in [1.54, 1.807) is 19.2 Å². The molecule has 0 unspecified atom stereocenters. The first-order valence-electron chi connectivity index (χ1n) is 5.49. The number of nitrogens with two attached hydrogens (primary N) is 1. The lowest BCUT2D eigenvalue weighted by Gasteiger charge is -2.05. The fourth-order valence-corrected chi connectivity index (χ4v) is 2.09. The second-order valence-electron chi connectivity index (χ2n) is 3.90. The van der Waals surface area contributed by atoms with Gasteiger partial charge in [-0.3, -0.25) is 5.10 Å². The van der Waals surface area contributed by atoms with E-state index in [9.17, 15) is 0 Å². The number of nitrogen functional groups attached to an aromatic ring is 1. The van der Waals surface area contributed by atoms with Crippen LogP contribution < -0.4 is 10.5 Å². The Labute approximate surface area is 113 Å². The highest BCUT2D eigenvalue weighted by molar-refractivity contribution is 6.32. The molecule has 3 N–H and O–H groups in total. The number of aromatic nitrogens is 4. The Balaban J connectivity index is 2.25. The summed E-state index contributed by atoms with van der Waals surface area (Å²) in [6.45, 7) is 0. The van der Waals surface area contributed by atoms with Gasteiger partial charge in [0.15, 0.2) is 5.65 Å². The van der Waals surface area contributed by atoms with Crippen molar-refractivity contribution in [1.29, 1.82) is 0 Å². The third kappa shape index (κ3) is 1.86. The molecule has 7 heteroatoms. The summed E-state index contributed by atoms with van der Waals surface area (Å²) in [6.07, 6.45) is 1.39. The average molecular weight is 276 g/mol. The molecule has 0 atom stereocenters. The molecule has 0 aliphatic heterocycles. The highest BCUT2D eigenvalue weighted by atomic mass is 35.5. The molecule has 0 aliphatic rings. The molecule has 6 nitrogen and oxygen atoms in total. The number of aromatic amines is 1. The molecule has 2 heterocycles. The van der Waals surface area contributed by atoms with Crippen LogP contribution in [0.2, 0.25) is 5.02 Å². The number of H-pyrrole nitrogens is 1. The van der Waals surface area contributed by atoms with Crippen LogP contribution in [0.3, 0.4) is 0 Å². The van der Waals surface area contributed by atoms with Crippen LogP contribution in [-0.2, 0) is 0 Å². The molecule has 0 saturated carbocycles. The maximum absolute atomic E-state index is 6.00. The third-order valence-corrected chi connectivity index (χ3v) is 3.12. The van der Waals surface area contributed by atoms with E-state index >= 15 is 0 Å². The standard InChI is InChI=1S/C12H10ClN5O/c1-19-8-4-6(2-3-7(8)13)10-9-11(14)15-5-16-12(9)18-17-10/h2-5H,1H3,(H3,14,15,16,17,18). The number of benzene rings is 1. The Morgan fingerprint density at radius 3 is 2.95 bits per heavy atom. The molecule has 0 spiro atoms. The van der Waals surface area contributed by atoms with Gasteiger partial charge in [0.1, 0.15) is 23.6 Å². The number of methoxy groups -OCH3 is 1. The summed E-state index contributed by atoms with van der Waals surface area (Å²) in [5, 5.41) is 8.27. The summed E-state index contributed by atoms with van der Waals surface area (Å²) >= 11 is 6.00. The Bertz CT molecular complexity index is 755. The molecule has 96 valence electrons. The largest absolute Gasteiger partial charge is 0.495 e. The summed E-state index contributed by atoms with van der Waals surface area (Å²) < 4.78 is 5.19. The predicted molar refractivity (Wildman–Crippen MR) is 73.1 cm³/mol. The van der Waals surface area contributed by atoms with E-state index in [1.807, 2.05) is 6.07 Å². The van der Waals surface area contributed by atoms with Gasteiger partial charge in [0.05, 0.1) is 17.5 Å². The van der Waals surface area contributed by atoms with E-state index in [2.05, 4.69) is 20.2 Å². The monoisotopic (exact) mass is 275 g/mol. The second-order valence-corrected chi connectivity index (χ2v) is 4.31. The summed E-state index contributed by atoms with van der Waals surface area (Å²) in [4.78, 5) is 8.06. The van der Waals surface area contributed by atoms with Crippen molar-refractivity contribution >= 4 is 28.5 Å². The number of ether oxygens (including phenoxy) is 1. The first-order chi connectivity index (χ1) is 9.20. The zero-order valence-electron chi connectivity index (χ0n) is 10.0. The molecule has 19 heavy (non-hydrogen) atoms. The van der Waals surface area contributed by atoms with Gasteiger partial charge in [0.2, 0.25) is 0 Å².